The van der Waals surface area contributed by atoms with Gasteiger partial charge in [-0.2, -0.15) is 0 Å². The lowest BCUT2D eigenvalue weighted by atomic mass is 10.1. The van der Waals surface area contributed by atoms with Gasteiger partial charge in [0.2, 0.25) is 12.7 Å². The summed E-state index contributed by atoms with van der Waals surface area (Å²) >= 11 is 0. The molecule has 3 rings (SSSR count). The van der Waals surface area contributed by atoms with Crippen LogP contribution < -0.4 is 20.1 Å². The molecule has 0 aliphatic carbocycles. The first kappa shape index (κ1) is 17.1. The minimum atomic E-state index is 0.0209. The summed E-state index contributed by atoms with van der Waals surface area (Å²) in [5, 5.41) is 6.31. The molecule has 0 radical (unpaired) electrons. The van der Waals surface area contributed by atoms with Gasteiger partial charge in [-0.25, -0.2) is 0 Å². The number of anilines is 1. The van der Waals surface area contributed by atoms with Crippen LogP contribution in [0, 0.1) is 20.8 Å². The van der Waals surface area contributed by atoms with Gasteiger partial charge >= 0.3 is 0 Å². The number of hydrogen-bond donors (Lipinski definition) is 2. The fraction of sp³-hybridized carbons (Fsp3) is 0.350. The fourth-order valence-electron chi connectivity index (χ4n) is 3.10. The van der Waals surface area contributed by atoms with Crippen molar-refractivity contribution in [1.82, 2.24) is 5.32 Å². The molecule has 0 bridgehead atoms. The van der Waals surface area contributed by atoms with Gasteiger partial charge in [0.1, 0.15) is 0 Å². The maximum absolute atomic E-state index is 12.1. The molecule has 1 aliphatic rings. The number of carbonyl (C=O) groups excluding carboxylic acids is 1. The third-order valence-electron chi connectivity index (χ3n) is 4.26. The summed E-state index contributed by atoms with van der Waals surface area (Å²) in [5.41, 5.74) is 5.78. The highest BCUT2D eigenvalue weighted by molar-refractivity contribution is 5.76. The highest BCUT2D eigenvalue weighted by Gasteiger charge is 2.13. The average Bonchev–Trinajstić information content (AvgIpc) is 3.03. The topological polar surface area (TPSA) is 59.6 Å². The van der Waals surface area contributed by atoms with Crippen molar-refractivity contribution in [1.29, 1.82) is 0 Å². The van der Waals surface area contributed by atoms with Gasteiger partial charge in [0.05, 0.1) is 0 Å². The second kappa shape index (κ2) is 7.47. The number of ether oxygens (including phenoxy) is 2. The average molecular weight is 340 g/mol. The summed E-state index contributed by atoms with van der Waals surface area (Å²) in [5.74, 6) is 1.51. The third-order valence-corrected chi connectivity index (χ3v) is 4.26. The lowest BCUT2D eigenvalue weighted by Gasteiger charge is -2.14. The molecule has 1 aliphatic heterocycles. The van der Waals surface area contributed by atoms with Crippen molar-refractivity contribution in [3.63, 3.8) is 0 Å². The Kier molecular flexibility index (Phi) is 5.12. The number of carbonyl (C=O) groups is 1. The summed E-state index contributed by atoms with van der Waals surface area (Å²) in [4.78, 5) is 12.1. The minimum Gasteiger partial charge on any atom is -0.454 e. The van der Waals surface area contributed by atoms with Crippen LogP contribution in [0.3, 0.4) is 0 Å². The third kappa shape index (κ3) is 4.24. The van der Waals surface area contributed by atoms with E-state index in [1.807, 2.05) is 18.2 Å². The molecule has 1 amide bonds. The van der Waals surface area contributed by atoms with Crippen LogP contribution >= 0.6 is 0 Å². The lowest BCUT2D eigenvalue weighted by molar-refractivity contribution is -0.121. The Hall–Kier alpha value is -2.69. The van der Waals surface area contributed by atoms with Crippen molar-refractivity contribution in [3.8, 4) is 11.5 Å². The SMILES string of the molecule is Cc1cc(C)c(NCCC(=O)NCc2ccc3c(c2)OCO3)c(C)c1. The summed E-state index contributed by atoms with van der Waals surface area (Å²) in [6.45, 7) is 7.61. The van der Waals surface area contributed by atoms with Gasteiger partial charge in [-0.1, -0.05) is 23.8 Å². The van der Waals surface area contributed by atoms with E-state index in [0.29, 0.717) is 19.5 Å². The molecule has 0 saturated heterocycles. The first-order valence-electron chi connectivity index (χ1n) is 8.50. The first-order valence-corrected chi connectivity index (χ1v) is 8.50. The Morgan fingerprint density at radius 3 is 2.52 bits per heavy atom. The largest absolute Gasteiger partial charge is 0.454 e. The molecular weight excluding hydrogens is 316 g/mol. The van der Waals surface area contributed by atoms with E-state index in [1.54, 1.807) is 0 Å². The highest BCUT2D eigenvalue weighted by atomic mass is 16.7. The molecule has 132 valence electrons. The smallest absolute Gasteiger partial charge is 0.231 e. The van der Waals surface area contributed by atoms with Crippen LogP contribution in [0.5, 0.6) is 11.5 Å². The fourth-order valence-corrected chi connectivity index (χ4v) is 3.10. The number of benzene rings is 2. The Morgan fingerprint density at radius 1 is 1.04 bits per heavy atom. The number of rotatable bonds is 6. The molecule has 0 atom stereocenters. The van der Waals surface area contributed by atoms with E-state index in [4.69, 9.17) is 9.47 Å². The Labute approximate surface area is 148 Å². The summed E-state index contributed by atoms with van der Waals surface area (Å²) in [7, 11) is 0. The van der Waals surface area contributed by atoms with Crippen molar-refractivity contribution < 1.29 is 14.3 Å². The Balaban J connectivity index is 1.46. The molecule has 0 fully saturated rings. The van der Waals surface area contributed by atoms with Crippen molar-refractivity contribution in [2.24, 2.45) is 0 Å². The molecular formula is C20H24N2O3. The van der Waals surface area contributed by atoms with Crippen LogP contribution in [-0.4, -0.2) is 19.2 Å². The maximum Gasteiger partial charge on any atom is 0.231 e. The van der Waals surface area contributed by atoms with E-state index in [2.05, 4.69) is 43.5 Å². The van der Waals surface area contributed by atoms with Gasteiger partial charge in [-0.15, -0.1) is 0 Å². The number of aryl methyl sites for hydroxylation is 3. The summed E-state index contributed by atoms with van der Waals surface area (Å²) in [6, 6.07) is 10.0. The van der Waals surface area contributed by atoms with Gasteiger partial charge in [0.25, 0.3) is 0 Å². The molecule has 0 spiro atoms. The van der Waals surface area contributed by atoms with E-state index in [-0.39, 0.29) is 12.7 Å². The molecule has 5 heteroatoms. The summed E-state index contributed by atoms with van der Waals surface area (Å²) in [6.07, 6.45) is 0.428. The second-order valence-corrected chi connectivity index (χ2v) is 6.41. The van der Waals surface area contributed by atoms with Crippen molar-refractivity contribution in [2.45, 2.75) is 33.7 Å². The normalized spacial score (nSPS) is 12.1. The molecule has 25 heavy (non-hydrogen) atoms. The quantitative estimate of drug-likeness (QED) is 0.845. The standard InChI is InChI=1S/C20H24N2O3/c1-13-8-14(2)20(15(3)9-13)21-7-6-19(23)22-11-16-4-5-17-18(10-16)25-12-24-17/h4-5,8-10,21H,6-7,11-12H2,1-3H3,(H,22,23). The number of nitrogens with one attached hydrogen (secondary N) is 2. The van der Waals surface area contributed by atoms with Gasteiger partial charge in [-0.3, -0.25) is 4.79 Å². The van der Waals surface area contributed by atoms with Crippen molar-refractivity contribution in [3.05, 3.63) is 52.6 Å². The monoisotopic (exact) mass is 340 g/mol. The van der Waals surface area contributed by atoms with Crippen LogP contribution in [0.15, 0.2) is 30.3 Å². The second-order valence-electron chi connectivity index (χ2n) is 6.41. The van der Waals surface area contributed by atoms with Crippen LogP contribution in [0.2, 0.25) is 0 Å². The van der Waals surface area contributed by atoms with Crippen LogP contribution in [-0.2, 0) is 11.3 Å². The van der Waals surface area contributed by atoms with E-state index < -0.39 is 0 Å². The zero-order valence-corrected chi connectivity index (χ0v) is 14.9. The van der Waals surface area contributed by atoms with E-state index in [0.717, 1.165) is 22.7 Å². The van der Waals surface area contributed by atoms with E-state index in [1.165, 1.54) is 16.7 Å². The molecule has 5 nitrogen and oxygen atoms in total. The van der Waals surface area contributed by atoms with Gasteiger partial charge < -0.3 is 20.1 Å². The molecule has 0 aromatic heterocycles. The van der Waals surface area contributed by atoms with E-state index >= 15 is 0 Å². The van der Waals surface area contributed by atoms with Gasteiger partial charge in [0.15, 0.2) is 11.5 Å². The molecule has 0 unspecified atom stereocenters. The zero-order valence-electron chi connectivity index (χ0n) is 14.9. The van der Waals surface area contributed by atoms with Crippen LogP contribution in [0.1, 0.15) is 28.7 Å². The first-order chi connectivity index (χ1) is 12.0. The predicted octanol–water partition coefficient (Wildman–Crippen LogP) is 3.46. The minimum absolute atomic E-state index is 0.0209. The van der Waals surface area contributed by atoms with Crippen LogP contribution in [0.25, 0.3) is 0 Å². The van der Waals surface area contributed by atoms with Crippen molar-refractivity contribution >= 4 is 11.6 Å². The van der Waals surface area contributed by atoms with Gasteiger partial charge in [0, 0.05) is 25.2 Å². The maximum atomic E-state index is 12.1. The van der Waals surface area contributed by atoms with E-state index in [9.17, 15) is 4.79 Å². The number of fused-ring (bicyclic) bond motifs is 1. The molecule has 1 heterocycles. The highest BCUT2D eigenvalue weighted by Crippen LogP contribution is 2.32. The summed E-state index contributed by atoms with van der Waals surface area (Å²) < 4.78 is 10.6. The Bertz CT molecular complexity index is 764. The predicted molar refractivity (Wildman–Crippen MR) is 98.2 cm³/mol. The van der Waals surface area contributed by atoms with Crippen molar-refractivity contribution in [2.75, 3.05) is 18.7 Å². The molecule has 0 saturated carbocycles. The molecule has 2 aromatic rings. The van der Waals surface area contributed by atoms with Gasteiger partial charge in [-0.05, 0) is 49.6 Å². The number of amides is 1. The molecule has 2 N–H and O–H groups in total. The zero-order chi connectivity index (χ0) is 17.8. The lowest BCUT2D eigenvalue weighted by Crippen LogP contribution is -2.25. The van der Waals surface area contributed by atoms with Crippen LogP contribution in [0.4, 0.5) is 5.69 Å². The number of hydrogen-bond acceptors (Lipinski definition) is 4. The Morgan fingerprint density at radius 2 is 1.76 bits per heavy atom. The molecule has 2 aromatic carbocycles.